The van der Waals surface area contributed by atoms with Gasteiger partial charge in [-0.25, -0.2) is 0 Å². The van der Waals surface area contributed by atoms with Crippen molar-refractivity contribution in [1.29, 1.82) is 0 Å². The van der Waals surface area contributed by atoms with Gasteiger partial charge in [0.15, 0.2) is 11.6 Å². The van der Waals surface area contributed by atoms with Gasteiger partial charge in [0.25, 0.3) is 0 Å². The van der Waals surface area contributed by atoms with Crippen LogP contribution in [0.2, 0.25) is 0 Å². The number of aromatic nitrogens is 2. The van der Waals surface area contributed by atoms with E-state index in [-0.39, 0.29) is 11.9 Å². The highest BCUT2D eigenvalue weighted by molar-refractivity contribution is 5.78. The maximum Gasteiger partial charge on any atom is 0.224 e. The van der Waals surface area contributed by atoms with Gasteiger partial charge in [-0.1, -0.05) is 42.7 Å². The van der Waals surface area contributed by atoms with Crippen molar-refractivity contribution in [3.63, 3.8) is 0 Å². The van der Waals surface area contributed by atoms with Crippen LogP contribution in [0.3, 0.4) is 0 Å². The second-order valence-corrected chi connectivity index (χ2v) is 8.64. The highest BCUT2D eigenvalue weighted by Gasteiger charge is 2.22. The topological polar surface area (TPSA) is 61.4 Å². The van der Waals surface area contributed by atoms with E-state index in [4.69, 9.17) is 0 Å². The number of rotatable bonds is 5. The summed E-state index contributed by atoms with van der Waals surface area (Å²) in [5.74, 6) is 2.05. The lowest BCUT2D eigenvalue weighted by Crippen LogP contribution is -2.45. The van der Waals surface area contributed by atoms with E-state index in [1.807, 2.05) is 12.1 Å². The molecule has 1 aromatic carbocycles. The first-order valence-corrected chi connectivity index (χ1v) is 11.4. The zero-order valence-corrected chi connectivity index (χ0v) is 18.0. The van der Waals surface area contributed by atoms with Crippen molar-refractivity contribution in [2.45, 2.75) is 57.9 Å². The van der Waals surface area contributed by atoms with Gasteiger partial charge in [0.05, 0.1) is 6.42 Å². The van der Waals surface area contributed by atoms with Crippen LogP contribution in [0.25, 0.3) is 0 Å². The molecule has 30 heavy (non-hydrogen) atoms. The predicted octanol–water partition coefficient (Wildman–Crippen LogP) is 3.49. The summed E-state index contributed by atoms with van der Waals surface area (Å²) in [5, 5.41) is 12.2. The number of aryl methyl sites for hydroxylation is 1. The van der Waals surface area contributed by atoms with Gasteiger partial charge in [-0.05, 0) is 50.3 Å². The number of piperidine rings is 1. The molecule has 6 heteroatoms. The molecule has 4 rings (SSSR count). The number of anilines is 2. The van der Waals surface area contributed by atoms with Gasteiger partial charge in [-0.15, -0.1) is 10.2 Å². The van der Waals surface area contributed by atoms with Crippen LogP contribution in [-0.2, 0) is 11.2 Å². The smallest absolute Gasteiger partial charge is 0.224 e. The fraction of sp³-hybridized carbons (Fsp3) is 0.542. The predicted molar refractivity (Wildman–Crippen MR) is 121 cm³/mol. The first-order valence-electron chi connectivity index (χ1n) is 11.4. The summed E-state index contributed by atoms with van der Waals surface area (Å²) in [5.41, 5.74) is 2.28. The fourth-order valence-electron chi connectivity index (χ4n) is 4.38. The summed E-state index contributed by atoms with van der Waals surface area (Å²) in [6, 6.07) is 12.6. The third kappa shape index (κ3) is 5.49. The van der Waals surface area contributed by atoms with Crippen LogP contribution in [0.4, 0.5) is 11.6 Å². The monoisotopic (exact) mass is 407 g/mol. The number of nitrogens with one attached hydrogen (secondary N) is 1. The van der Waals surface area contributed by atoms with Gasteiger partial charge in [0, 0.05) is 32.2 Å². The molecule has 2 saturated heterocycles. The Morgan fingerprint density at radius 1 is 0.867 bits per heavy atom. The molecule has 2 fully saturated rings. The molecule has 1 amide bonds. The van der Waals surface area contributed by atoms with Crippen LogP contribution < -0.4 is 15.1 Å². The minimum absolute atomic E-state index is 0.110. The third-order valence-electron chi connectivity index (χ3n) is 6.24. The number of amides is 1. The van der Waals surface area contributed by atoms with Crippen LogP contribution in [0.5, 0.6) is 0 Å². The average Bonchev–Trinajstić information content (AvgIpc) is 3.06. The van der Waals surface area contributed by atoms with Crippen LogP contribution >= 0.6 is 0 Å². The number of nitrogens with zero attached hydrogens (tertiary/aromatic N) is 4. The Balaban J connectivity index is 1.24. The van der Waals surface area contributed by atoms with Crippen molar-refractivity contribution in [2.75, 3.05) is 36.0 Å². The molecule has 0 bridgehead atoms. The molecule has 0 unspecified atom stereocenters. The standard InChI is InChI=1S/C24H33N5O/c1-19-6-8-20(9-7-19)18-24(30)25-21-12-16-29(17-13-21)23-11-10-22(26-27-23)28-14-4-2-3-5-15-28/h6-11,21H,2-5,12-18H2,1H3,(H,25,30). The summed E-state index contributed by atoms with van der Waals surface area (Å²) in [6.45, 7) is 6.02. The molecular formula is C24H33N5O. The fourth-order valence-corrected chi connectivity index (χ4v) is 4.38. The first-order chi connectivity index (χ1) is 14.7. The molecule has 2 aromatic rings. The Hall–Kier alpha value is -2.63. The first kappa shape index (κ1) is 20.6. The van der Waals surface area contributed by atoms with E-state index in [2.05, 4.69) is 56.5 Å². The highest BCUT2D eigenvalue weighted by atomic mass is 16.1. The van der Waals surface area contributed by atoms with Gasteiger partial charge in [0.2, 0.25) is 5.91 Å². The minimum atomic E-state index is 0.110. The number of hydrogen-bond acceptors (Lipinski definition) is 5. The zero-order chi connectivity index (χ0) is 20.8. The summed E-state index contributed by atoms with van der Waals surface area (Å²) < 4.78 is 0. The van der Waals surface area contributed by atoms with Crippen molar-refractivity contribution in [3.8, 4) is 0 Å². The molecule has 0 atom stereocenters. The molecule has 0 saturated carbocycles. The number of benzene rings is 1. The van der Waals surface area contributed by atoms with Crippen molar-refractivity contribution in [3.05, 3.63) is 47.5 Å². The van der Waals surface area contributed by atoms with Crippen molar-refractivity contribution >= 4 is 17.5 Å². The summed E-state index contributed by atoms with van der Waals surface area (Å²) >= 11 is 0. The molecule has 2 aliphatic rings. The zero-order valence-electron chi connectivity index (χ0n) is 18.0. The Morgan fingerprint density at radius 2 is 1.43 bits per heavy atom. The number of carbonyl (C=O) groups excluding carboxylic acids is 1. The molecule has 0 aliphatic carbocycles. The van der Waals surface area contributed by atoms with Gasteiger partial charge in [-0.3, -0.25) is 4.79 Å². The van der Waals surface area contributed by atoms with Gasteiger partial charge >= 0.3 is 0 Å². The Morgan fingerprint density at radius 3 is 2.00 bits per heavy atom. The Bertz CT molecular complexity index is 804. The number of hydrogen-bond donors (Lipinski definition) is 1. The second kappa shape index (κ2) is 9.92. The van der Waals surface area contributed by atoms with Crippen LogP contribution in [0.1, 0.15) is 49.7 Å². The Labute approximate surface area is 179 Å². The maximum absolute atomic E-state index is 12.4. The van der Waals surface area contributed by atoms with Gasteiger partial charge < -0.3 is 15.1 Å². The minimum Gasteiger partial charge on any atom is -0.355 e. The van der Waals surface area contributed by atoms with Crippen LogP contribution in [-0.4, -0.2) is 48.3 Å². The SMILES string of the molecule is Cc1ccc(CC(=O)NC2CCN(c3ccc(N4CCCCCC4)nn3)CC2)cc1. The molecule has 1 aromatic heterocycles. The second-order valence-electron chi connectivity index (χ2n) is 8.64. The van der Waals surface area contributed by atoms with E-state index in [9.17, 15) is 4.79 Å². The van der Waals surface area contributed by atoms with Gasteiger partial charge in [0.1, 0.15) is 0 Å². The summed E-state index contributed by atoms with van der Waals surface area (Å²) in [4.78, 5) is 17.0. The van der Waals surface area contributed by atoms with Crippen molar-refractivity contribution in [1.82, 2.24) is 15.5 Å². The summed E-state index contributed by atoms with van der Waals surface area (Å²) in [6.07, 6.45) is 7.45. The van der Waals surface area contributed by atoms with E-state index in [1.165, 1.54) is 31.2 Å². The van der Waals surface area contributed by atoms with Crippen LogP contribution in [0, 0.1) is 6.92 Å². The van der Waals surface area contributed by atoms with Crippen molar-refractivity contribution < 1.29 is 4.79 Å². The van der Waals surface area contributed by atoms with E-state index in [0.717, 1.165) is 56.2 Å². The Kier molecular flexibility index (Phi) is 6.82. The van der Waals surface area contributed by atoms with E-state index in [0.29, 0.717) is 6.42 Å². The third-order valence-corrected chi connectivity index (χ3v) is 6.24. The maximum atomic E-state index is 12.4. The number of carbonyl (C=O) groups is 1. The lowest BCUT2D eigenvalue weighted by atomic mass is 10.0. The molecular weight excluding hydrogens is 374 g/mol. The van der Waals surface area contributed by atoms with E-state index in [1.54, 1.807) is 0 Å². The largest absolute Gasteiger partial charge is 0.355 e. The molecule has 0 spiro atoms. The van der Waals surface area contributed by atoms with Crippen molar-refractivity contribution in [2.24, 2.45) is 0 Å². The molecule has 160 valence electrons. The van der Waals surface area contributed by atoms with Crippen LogP contribution in [0.15, 0.2) is 36.4 Å². The average molecular weight is 408 g/mol. The highest BCUT2D eigenvalue weighted by Crippen LogP contribution is 2.21. The van der Waals surface area contributed by atoms with E-state index >= 15 is 0 Å². The molecule has 2 aliphatic heterocycles. The molecule has 1 N–H and O–H groups in total. The quantitative estimate of drug-likeness (QED) is 0.822. The van der Waals surface area contributed by atoms with E-state index < -0.39 is 0 Å². The molecule has 0 radical (unpaired) electrons. The van der Waals surface area contributed by atoms with Gasteiger partial charge in [-0.2, -0.15) is 0 Å². The lowest BCUT2D eigenvalue weighted by Gasteiger charge is -2.33. The molecule has 6 nitrogen and oxygen atoms in total. The summed E-state index contributed by atoms with van der Waals surface area (Å²) in [7, 11) is 0. The normalized spacial score (nSPS) is 18.2. The lowest BCUT2D eigenvalue weighted by molar-refractivity contribution is -0.121. The molecule has 3 heterocycles.